The molecule has 4 aliphatic rings. The third-order valence-corrected chi connectivity index (χ3v) is 11.9. The Morgan fingerprint density at radius 1 is 0.737 bits per heavy atom. The molecule has 0 heterocycles. The van der Waals surface area contributed by atoms with Crippen LogP contribution >= 0.6 is 0 Å². The molecule has 2 aromatic carbocycles. The van der Waals surface area contributed by atoms with E-state index in [1.807, 2.05) is 6.07 Å². The Hall–Kier alpha value is -2.62. The normalized spacial score (nSPS) is 37.7. The van der Waals surface area contributed by atoms with Crippen LogP contribution in [-0.4, -0.2) is 11.8 Å². The van der Waals surface area contributed by atoms with Crippen molar-refractivity contribution in [3.63, 3.8) is 0 Å². The van der Waals surface area contributed by atoms with E-state index in [1.54, 1.807) is 0 Å². The lowest BCUT2D eigenvalue weighted by atomic mass is 9.49. The molecule has 3 N–H and O–H groups in total. The van der Waals surface area contributed by atoms with Gasteiger partial charge in [-0.2, -0.15) is 0 Å². The molecule has 2 saturated carbocycles. The van der Waals surface area contributed by atoms with Gasteiger partial charge in [-0.15, -0.1) is 0 Å². The average Bonchev–Trinajstić information content (AvgIpc) is 2.89. The second-order valence-electron chi connectivity index (χ2n) is 13.9. The first-order valence-corrected chi connectivity index (χ1v) is 14.9. The molecule has 38 heavy (non-hydrogen) atoms. The highest BCUT2D eigenvalue weighted by atomic mass is 16.2. The van der Waals surface area contributed by atoms with Gasteiger partial charge in [-0.25, -0.2) is 0 Å². The van der Waals surface area contributed by atoms with E-state index in [4.69, 9.17) is 5.73 Å². The molecule has 0 spiro atoms. The van der Waals surface area contributed by atoms with Crippen LogP contribution < -0.4 is 11.1 Å². The van der Waals surface area contributed by atoms with Gasteiger partial charge >= 0.3 is 0 Å². The molecule has 4 aliphatic carbocycles. The highest BCUT2D eigenvalue weighted by Gasteiger charge is 2.58. The maximum Gasteiger partial charge on any atom is 0.232 e. The minimum absolute atomic E-state index is 0.0252. The molecule has 0 aliphatic heterocycles. The Bertz CT molecular complexity index is 1300. The lowest BCUT2D eigenvalue weighted by Gasteiger charge is -2.56. The van der Waals surface area contributed by atoms with Gasteiger partial charge in [0.15, 0.2) is 0 Å². The van der Waals surface area contributed by atoms with Gasteiger partial charge in [0.2, 0.25) is 11.8 Å². The molecule has 2 amide bonds. The summed E-state index contributed by atoms with van der Waals surface area (Å²) < 4.78 is 0. The SMILES string of the molecule is C[C@]1(C(=O)NC(=O)[C@@]2(C)CCC[C@]3(C)c4cc(N)ccc4CC[C@@H]23)CCC[C@]2(C)c3ccccc3CC[C@@H]12. The summed E-state index contributed by atoms with van der Waals surface area (Å²) in [4.78, 5) is 28.3. The molecule has 0 bridgehead atoms. The van der Waals surface area contributed by atoms with Crippen molar-refractivity contribution >= 4 is 17.5 Å². The summed E-state index contributed by atoms with van der Waals surface area (Å²) in [6.45, 7) is 8.95. The second-order valence-corrected chi connectivity index (χ2v) is 13.9. The summed E-state index contributed by atoms with van der Waals surface area (Å²) in [7, 11) is 0. The number of amides is 2. The molecule has 0 saturated heterocycles. The number of carbonyl (C=O) groups is 2. The molecule has 4 nitrogen and oxygen atoms in total. The van der Waals surface area contributed by atoms with E-state index in [-0.39, 0.29) is 34.5 Å². The van der Waals surface area contributed by atoms with Gasteiger partial charge in [0.05, 0.1) is 10.8 Å². The molecule has 0 radical (unpaired) electrons. The number of anilines is 1. The number of imide groups is 1. The molecule has 4 heteroatoms. The number of hydrogen-bond acceptors (Lipinski definition) is 3. The zero-order chi connectivity index (χ0) is 26.9. The van der Waals surface area contributed by atoms with Crippen LogP contribution in [0.1, 0.15) is 101 Å². The van der Waals surface area contributed by atoms with Gasteiger partial charge in [0.1, 0.15) is 0 Å². The predicted octanol–water partition coefficient (Wildman–Crippen LogP) is 6.63. The van der Waals surface area contributed by atoms with Gasteiger partial charge in [0, 0.05) is 5.69 Å². The summed E-state index contributed by atoms with van der Waals surface area (Å²) in [6.07, 6.45) is 9.77. The van der Waals surface area contributed by atoms with Crippen LogP contribution in [0.4, 0.5) is 5.69 Å². The van der Waals surface area contributed by atoms with Gasteiger partial charge in [-0.3, -0.25) is 14.9 Å². The fourth-order valence-electron chi connectivity index (χ4n) is 9.84. The molecule has 6 rings (SSSR count). The van der Waals surface area contributed by atoms with E-state index in [0.29, 0.717) is 0 Å². The number of carbonyl (C=O) groups excluding carboxylic acids is 2. The van der Waals surface area contributed by atoms with E-state index in [9.17, 15) is 9.59 Å². The van der Waals surface area contributed by atoms with Gasteiger partial charge in [0.25, 0.3) is 0 Å². The Morgan fingerprint density at radius 2 is 1.26 bits per heavy atom. The third kappa shape index (κ3) is 3.54. The topological polar surface area (TPSA) is 72.2 Å². The molecule has 2 fully saturated rings. The van der Waals surface area contributed by atoms with Crippen LogP contribution in [0.25, 0.3) is 0 Å². The first kappa shape index (κ1) is 25.6. The Morgan fingerprint density at radius 3 is 1.87 bits per heavy atom. The highest BCUT2D eigenvalue weighted by molar-refractivity contribution is 6.00. The molecule has 6 atom stereocenters. The van der Waals surface area contributed by atoms with Crippen LogP contribution in [0.5, 0.6) is 0 Å². The summed E-state index contributed by atoms with van der Waals surface area (Å²) in [5.74, 6) is 0.319. The van der Waals surface area contributed by atoms with Crippen molar-refractivity contribution < 1.29 is 9.59 Å². The minimum atomic E-state index is -0.571. The van der Waals surface area contributed by atoms with Crippen LogP contribution in [0.2, 0.25) is 0 Å². The van der Waals surface area contributed by atoms with Crippen molar-refractivity contribution in [2.24, 2.45) is 22.7 Å². The fraction of sp³-hybridized carbons (Fsp3) is 0.588. The molecule has 2 aromatic rings. The maximum absolute atomic E-state index is 14.2. The maximum atomic E-state index is 14.2. The minimum Gasteiger partial charge on any atom is -0.399 e. The fourth-order valence-corrected chi connectivity index (χ4v) is 9.84. The molecule has 0 unspecified atom stereocenters. The summed E-state index contributed by atoms with van der Waals surface area (Å²) in [5.41, 5.74) is 11.3. The average molecular weight is 513 g/mol. The lowest BCUT2D eigenvalue weighted by molar-refractivity contribution is -0.150. The summed E-state index contributed by atoms with van der Waals surface area (Å²) in [5, 5.41) is 3.06. The smallest absolute Gasteiger partial charge is 0.232 e. The van der Waals surface area contributed by atoms with Crippen molar-refractivity contribution in [1.29, 1.82) is 0 Å². The van der Waals surface area contributed by atoms with Crippen LogP contribution in [0.15, 0.2) is 42.5 Å². The van der Waals surface area contributed by atoms with Gasteiger partial charge < -0.3 is 5.73 Å². The first-order valence-electron chi connectivity index (χ1n) is 14.9. The highest BCUT2D eigenvalue weighted by Crippen LogP contribution is 2.59. The van der Waals surface area contributed by atoms with E-state index in [0.717, 1.165) is 69.9 Å². The number of hydrogen-bond donors (Lipinski definition) is 2. The van der Waals surface area contributed by atoms with E-state index in [1.165, 1.54) is 22.3 Å². The first-order chi connectivity index (χ1) is 18.0. The van der Waals surface area contributed by atoms with Crippen LogP contribution in [-0.2, 0) is 33.3 Å². The molecule has 0 aromatic heterocycles. The molecular formula is C34H44N2O2. The zero-order valence-corrected chi connectivity index (χ0v) is 23.7. The number of benzene rings is 2. The van der Waals surface area contributed by atoms with Crippen molar-refractivity contribution in [3.05, 3.63) is 64.7 Å². The van der Waals surface area contributed by atoms with Crippen molar-refractivity contribution in [2.75, 3.05) is 5.73 Å². The molecular weight excluding hydrogens is 468 g/mol. The Balaban J connectivity index is 1.28. The van der Waals surface area contributed by atoms with Crippen molar-refractivity contribution in [3.8, 4) is 0 Å². The van der Waals surface area contributed by atoms with Crippen LogP contribution in [0, 0.1) is 22.7 Å². The lowest BCUT2D eigenvalue weighted by Crippen LogP contribution is -2.60. The number of fused-ring (bicyclic) bond motifs is 6. The molecule has 202 valence electrons. The number of nitrogen functional groups attached to an aromatic ring is 1. The van der Waals surface area contributed by atoms with Crippen LogP contribution in [0.3, 0.4) is 0 Å². The second kappa shape index (κ2) is 8.69. The van der Waals surface area contributed by atoms with E-state index in [2.05, 4.69) is 69.4 Å². The zero-order valence-electron chi connectivity index (χ0n) is 23.7. The quantitative estimate of drug-likeness (QED) is 0.350. The third-order valence-electron chi connectivity index (χ3n) is 11.9. The Kier molecular flexibility index (Phi) is 5.87. The largest absolute Gasteiger partial charge is 0.399 e. The van der Waals surface area contributed by atoms with Gasteiger partial charge in [-0.05, 0) is 108 Å². The monoisotopic (exact) mass is 512 g/mol. The summed E-state index contributed by atoms with van der Waals surface area (Å²) >= 11 is 0. The number of aryl methyl sites for hydroxylation is 2. The van der Waals surface area contributed by atoms with E-state index >= 15 is 0 Å². The predicted molar refractivity (Wildman–Crippen MR) is 153 cm³/mol. The number of nitrogens with two attached hydrogens (primary N) is 1. The number of nitrogens with one attached hydrogen (secondary N) is 1. The standard InChI is InChI=1S/C34H44N2O2/c1-31-17-7-19-33(3,27(31)15-12-22-9-5-6-10-25(22)31)29(37)36-30(38)34(4)20-8-18-32(2)26-21-24(35)14-11-23(26)13-16-28(32)34/h5-6,9-11,14,21,27-28H,7-8,12-13,15-20,35H2,1-4H3,(H,36,37,38)/t27-,28-,31-,32-,33+,34+/m1/s1. The van der Waals surface area contributed by atoms with Gasteiger partial charge in [-0.1, -0.05) is 70.9 Å². The summed E-state index contributed by atoms with van der Waals surface area (Å²) in [6, 6.07) is 15.1. The van der Waals surface area contributed by atoms with E-state index < -0.39 is 10.8 Å². The van der Waals surface area contributed by atoms with Crippen molar-refractivity contribution in [1.82, 2.24) is 5.32 Å². The number of rotatable bonds is 2. The Labute approximate surface area is 228 Å². The van der Waals surface area contributed by atoms with Crippen molar-refractivity contribution in [2.45, 2.75) is 103 Å².